The van der Waals surface area contributed by atoms with Crippen LogP contribution in [-0.2, 0) is 4.79 Å². The Labute approximate surface area is 124 Å². The van der Waals surface area contributed by atoms with Crippen LogP contribution in [0.2, 0.25) is 0 Å². The van der Waals surface area contributed by atoms with Gasteiger partial charge in [-0.25, -0.2) is 0 Å². The van der Waals surface area contributed by atoms with Crippen molar-refractivity contribution in [3.8, 4) is 12.1 Å². The maximum Gasteiger partial charge on any atom is 0.394 e. The predicted octanol–water partition coefficient (Wildman–Crippen LogP) is 1.53. The molecule has 1 aliphatic rings. The average molecular weight is 308 g/mol. The summed E-state index contributed by atoms with van der Waals surface area (Å²) in [6.07, 6.45) is -4.58. The second-order valence-electron chi connectivity index (χ2n) is 4.99. The number of rotatable bonds is 2. The standard InChI is InChI=1S/C14H11F3N4O/c15-14(16,17)11-7-21(6-10(11)13(20)22)12-8(4-18)2-1-3-9(12)5-19/h1-3,10-11H,6-7H2,(H2,20,22)/t10-,11-/m1/s1. The van der Waals surface area contributed by atoms with Crippen LogP contribution in [0.25, 0.3) is 0 Å². The number of primary amides is 1. The second kappa shape index (κ2) is 5.57. The van der Waals surface area contributed by atoms with Crippen LogP contribution in [0.15, 0.2) is 18.2 Å². The number of benzene rings is 1. The van der Waals surface area contributed by atoms with Crippen molar-refractivity contribution in [1.29, 1.82) is 10.5 Å². The number of hydrogen-bond donors (Lipinski definition) is 1. The second-order valence-corrected chi connectivity index (χ2v) is 4.99. The fourth-order valence-corrected chi connectivity index (χ4v) is 2.67. The maximum absolute atomic E-state index is 13.1. The van der Waals surface area contributed by atoms with Crippen LogP contribution in [0, 0.1) is 34.5 Å². The summed E-state index contributed by atoms with van der Waals surface area (Å²) in [4.78, 5) is 12.6. The molecular formula is C14H11F3N4O. The van der Waals surface area contributed by atoms with E-state index in [4.69, 9.17) is 16.3 Å². The van der Waals surface area contributed by atoms with Gasteiger partial charge in [-0.2, -0.15) is 23.7 Å². The minimum Gasteiger partial charge on any atom is -0.369 e. The summed E-state index contributed by atoms with van der Waals surface area (Å²) < 4.78 is 39.2. The topological polar surface area (TPSA) is 93.9 Å². The monoisotopic (exact) mass is 308 g/mol. The fourth-order valence-electron chi connectivity index (χ4n) is 2.67. The average Bonchev–Trinajstić information content (AvgIpc) is 2.91. The van der Waals surface area contributed by atoms with E-state index in [1.807, 2.05) is 12.1 Å². The molecule has 1 heterocycles. The van der Waals surface area contributed by atoms with Crippen molar-refractivity contribution in [1.82, 2.24) is 0 Å². The molecule has 1 fully saturated rings. The molecular weight excluding hydrogens is 297 g/mol. The quantitative estimate of drug-likeness (QED) is 0.896. The first-order valence-electron chi connectivity index (χ1n) is 6.33. The predicted molar refractivity (Wildman–Crippen MR) is 70.3 cm³/mol. The van der Waals surface area contributed by atoms with Gasteiger partial charge >= 0.3 is 6.18 Å². The molecule has 114 valence electrons. The molecule has 1 amide bonds. The van der Waals surface area contributed by atoms with Crippen LogP contribution in [-0.4, -0.2) is 25.2 Å². The van der Waals surface area contributed by atoms with Gasteiger partial charge in [0.25, 0.3) is 0 Å². The van der Waals surface area contributed by atoms with E-state index in [-0.39, 0.29) is 23.4 Å². The molecule has 0 radical (unpaired) electrons. The summed E-state index contributed by atoms with van der Waals surface area (Å²) in [6.45, 7) is -0.780. The van der Waals surface area contributed by atoms with Crippen LogP contribution in [0.3, 0.4) is 0 Å². The van der Waals surface area contributed by atoms with Gasteiger partial charge < -0.3 is 10.6 Å². The summed E-state index contributed by atoms with van der Waals surface area (Å²) in [5.41, 5.74) is 5.36. The third-order valence-electron chi connectivity index (χ3n) is 3.70. The highest BCUT2D eigenvalue weighted by Gasteiger charge is 2.52. The number of carbonyl (C=O) groups excluding carboxylic acids is 1. The molecule has 0 spiro atoms. The van der Waals surface area contributed by atoms with Gasteiger partial charge in [-0.05, 0) is 12.1 Å². The number of nitrogens with two attached hydrogens (primary N) is 1. The number of anilines is 1. The Morgan fingerprint density at radius 2 is 1.77 bits per heavy atom. The molecule has 22 heavy (non-hydrogen) atoms. The smallest absolute Gasteiger partial charge is 0.369 e. The zero-order chi connectivity index (χ0) is 16.5. The van der Waals surface area contributed by atoms with Gasteiger partial charge in [0.1, 0.15) is 12.1 Å². The molecule has 2 N–H and O–H groups in total. The zero-order valence-electron chi connectivity index (χ0n) is 11.3. The van der Waals surface area contributed by atoms with Crippen molar-refractivity contribution in [3.63, 3.8) is 0 Å². The molecule has 0 saturated carbocycles. The SMILES string of the molecule is N#Cc1cccc(C#N)c1N1C[C@@H](C(F)(F)F)[C@H](C(N)=O)C1. The number of nitriles is 2. The van der Waals surface area contributed by atoms with Crippen molar-refractivity contribution in [2.24, 2.45) is 17.6 Å². The first-order valence-corrected chi connectivity index (χ1v) is 6.33. The van der Waals surface area contributed by atoms with Gasteiger partial charge in [-0.15, -0.1) is 0 Å². The van der Waals surface area contributed by atoms with Crippen LogP contribution in [0.4, 0.5) is 18.9 Å². The number of hydrogen-bond acceptors (Lipinski definition) is 4. The van der Waals surface area contributed by atoms with E-state index in [2.05, 4.69) is 0 Å². The number of para-hydroxylation sites is 1. The Morgan fingerprint density at radius 3 is 2.14 bits per heavy atom. The van der Waals surface area contributed by atoms with Gasteiger partial charge in [-0.3, -0.25) is 4.79 Å². The van der Waals surface area contributed by atoms with Gasteiger partial charge in [-0.1, -0.05) is 6.07 Å². The molecule has 0 bridgehead atoms. The molecule has 1 aliphatic heterocycles. The van der Waals surface area contributed by atoms with Crippen LogP contribution < -0.4 is 10.6 Å². The Balaban J connectivity index is 2.47. The molecule has 0 aromatic heterocycles. The Kier molecular flexibility index (Phi) is 3.96. The Bertz CT molecular complexity index is 655. The molecule has 5 nitrogen and oxygen atoms in total. The van der Waals surface area contributed by atoms with Gasteiger partial charge in [0.2, 0.25) is 5.91 Å². The number of alkyl halides is 3. The minimum absolute atomic E-state index is 0.0881. The van der Waals surface area contributed by atoms with E-state index in [0.29, 0.717) is 0 Å². The Hall–Kier alpha value is -2.74. The first kappa shape index (κ1) is 15.6. The number of carbonyl (C=O) groups is 1. The number of amides is 1. The lowest BCUT2D eigenvalue weighted by atomic mass is 9.95. The zero-order valence-corrected chi connectivity index (χ0v) is 11.3. The lowest BCUT2D eigenvalue weighted by Gasteiger charge is -2.21. The van der Waals surface area contributed by atoms with Gasteiger partial charge in [0, 0.05) is 13.1 Å². The van der Waals surface area contributed by atoms with Crippen molar-refractivity contribution in [3.05, 3.63) is 29.3 Å². The number of halogens is 3. The maximum atomic E-state index is 13.1. The third kappa shape index (κ3) is 2.68. The molecule has 0 unspecified atom stereocenters. The summed E-state index contributed by atoms with van der Waals surface area (Å²) >= 11 is 0. The molecule has 8 heteroatoms. The molecule has 1 aromatic rings. The highest BCUT2D eigenvalue weighted by Crippen LogP contribution is 2.40. The third-order valence-corrected chi connectivity index (χ3v) is 3.70. The van der Waals surface area contributed by atoms with Gasteiger partial charge in [0.05, 0.1) is 28.7 Å². The van der Waals surface area contributed by atoms with Crippen LogP contribution in [0.5, 0.6) is 0 Å². The lowest BCUT2D eigenvalue weighted by Crippen LogP contribution is -2.37. The van der Waals surface area contributed by atoms with Crippen LogP contribution >= 0.6 is 0 Å². The summed E-state index contributed by atoms with van der Waals surface area (Å²) in [5, 5.41) is 18.2. The normalized spacial score (nSPS) is 21.2. The van der Waals surface area contributed by atoms with E-state index in [0.717, 1.165) is 0 Å². The largest absolute Gasteiger partial charge is 0.394 e. The summed E-state index contributed by atoms with van der Waals surface area (Å²) in [5.74, 6) is -4.36. The van der Waals surface area contributed by atoms with E-state index in [1.54, 1.807) is 0 Å². The fraction of sp³-hybridized carbons (Fsp3) is 0.357. The van der Waals surface area contributed by atoms with Crippen molar-refractivity contribution in [2.45, 2.75) is 6.18 Å². The first-order chi connectivity index (χ1) is 10.3. The minimum atomic E-state index is -4.58. The Morgan fingerprint density at radius 1 is 1.23 bits per heavy atom. The van der Waals surface area contributed by atoms with E-state index < -0.39 is 30.5 Å². The molecule has 2 rings (SSSR count). The van der Waals surface area contributed by atoms with Crippen molar-refractivity contribution in [2.75, 3.05) is 18.0 Å². The van der Waals surface area contributed by atoms with Crippen molar-refractivity contribution >= 4 is 11.6 Å². The van der Waals surface area contributed by atoms with E-state index in [1.165, 1.54) is 23.1 Å². The highest BCUT2D eigenvalue weighted by molar-refractivity contribution is 5.80. The summed E-state index contributed by atoms with van der Waals surface area (Å²) in [7, 11) is 0. The van der Waals surface area contributed by atoms with E-state index in [9.17, 15) is 18.0 Å². The molecule has 1 aromatic carbocycles. The van der Waals surface area contributed by atoms with Crippen LogP contribution in [0.1, 0.15) is 11.1 Å². The molecule has 1 saturated heterocycles. The van der Waals surface area contributed by atoms with Gasteiger partial charge in [0.15, 0.2) is 0 Å². The number of nitrogens with zero attached hydrogens (tertiary/aromatic N) is 3. The van der Waals surface area contributed by atoms with Crippen molar-refractivity contribution < 1.29 is 18.0 Å². The lowest BCUT2D eigenvalue weighted by molar-refractivity contribution is -0.181. The van der Waals surface area contributed by atoms with E-state index >= 15 is 0 Å². The molecule has 2 atom stereocenters. The summed E-state index contributed by atoms with van der Waals surface area (Å²) in [6, 6.07) is 8.01. The highest BCUT2D eigenvalue weighted by atomic mass is 19.4. The molecule has 0 aliphatic carbocycles.